The monoisotopic (exact) mass is 276 g/mol. The van der Waals surface area contributed by atoms with Gasteiger partial charge in [-0.25, -0.2) is 0 Å². The molecule has 3 heteroatoms. The highest BCUT2D eigenvalue weighted by atomic mass is 16.2. The van der Waals surface area contributed by atoms with Crippen molar-refractivity contribution in [2.75, 3.05) is 6.54 Å². The van der Waals surface area contributed by atoms with Gasteiger partial charge in [0.15, 0.2) is 0 Å². The molecule has 3 nitrogen and oxygen atoms in total. The molecule has 5 fully saturated rings. The van der Waals surface area contributed by atoms with Crippen LogP contribution in [0.3, 0.4) is 0 Å². The molecule has 0 aromatic rings. The van der Waals surface area contributed by atoms with Gasteiger partial charge in [0.25, 0.3) is 0 Å². The maximum absolute atomic E-state index is 12.9. The molecule has 0 radical (unpaired) electrons. The molecular formula is C17H28N2O. The lowest BCUT2D eigenvalue weighted by molar-refractivity contribution is -0.140. The molecule has 0 spiro atoms. The van der Waals surface area contributed by atoms with Crippen LogP contribution in [0.4, 0.5) is 0 Å². The highest BCUT2D eigenvalue weighted by Gasteiger charge is 2.51. The van der Waals surface area contributed by atoms with E-state index in [4.69, 9.17) is 5.73 Å². The number of carbonyl (C=O) groups is 1. The third-order valence-corrected chi connectivity index (χ3v) is 6.87. The van der Waals surface area contributed by atoms with Gasteiger partial charge < -0.3 is 11.1 Å². The summed E-state index contributed by atoms with van der Waals surface area (Å²) in [5.74, 6) is 3.91. The first-order valence-electron chi connectivity index (χ1n) is 8.71. The van der Waals surface area contributed by atoms with Gasteiger partial charge in [0.1, 0.15) is 0 Å². The van der Waals surface area contributed by atoms with Crippen molar-refractivity contribution in [3.05, 3.63) is 0 Å². The Morgan fingerprint density at radius 1 is 1.00 bits per heavy atom. The van der Waals surface area contributed by atoms with Crippen LogP contribution in [0.5, 0.6) is 0 Å². The van der Waals surface area contributed by atoms with Crippen molar-refractivity contribution in [2.24, 2.45) is 35.3 Å². The molecule has 1 amide bonds. The SMILES string of the molecule is NCC1(NC(=O)C2C3CC4CC(C3)CC2C4)CCCC1. The molecule has 0 unspecified atom stereocenters. The third kappa shape index (κ3) is 2.01. The normalized spacial score (nSPS) is 44.8. The van der Waals surface area contributed by atoms with Gasteiger partial charge in [0, 0.05) is 12.5 Å². The molecule has 0 aliphatic heterocycles. The van der Waals surface area contributed by atoms with Gasteiger partial charge in [-0.15, -0.1) is 0 Å². The maximum atomic E-state index is 12.9. The van der Waals surface area contributed by atoms with E-state index in [-0.39, 0.29) is 5.54 Å². The van der Waals surface area contributed by atoms with E-state index in [0.717, 1.165) is 24.7 Å². The Morgan fingerprint density at radius 3 is 2.05 bits per heavy atom. The fourth-order valence-electron chi connectivity index (χ4n) is 6.13. The van der Waals surface area contributed by atoms with Gasteiger partial charge in [-0.3, -0.25) is 4.79 Å². The Balaban J connectivity index is 1.48. The highest BCUT2D eigenvalue weighted by Crippen LogP contribution is 2.56. The molecule has 0 saturated heterocycles. The fraction of sp³-hybridized carbons (Fsp3) is 0.941. The van der Waals surface area contributed by atoms with Gasteiger partial charge in [-0.2, -0.15) is 0 Å². The molecule has 0 heterocycles. The molecule has 0 atom stereocenters. The first kappa shape index (κ1) is 13.1. The average molecular weight is 276 g/mol. The van der Waals surface area contributed by atoms with E-state index in [2.05, 4.69) is 5.32 Å². The standard InChI is InChI=1S/C17H28N2O/c18-10-17(3-1-2-4-17)19-16(20)15-13-6-11-5-12(8-13)9-14(15)7-11/h11-15H,1-10,18H2,(H,19,20). The largest absolute Gasteiger partial charge is 0.349 e. The molecule has 5 saturated carbocycles. The van der Waals surface area contributed by atoms with Gasteiger partial charge in [0.2, 0.25) is 5.91 Å². The average Bonchev–Trinajstić information content (AvgIpc) is 2.86. The molecule has 5 aliphatic rings. The number of amides is 1. The van der Waals surface area contributed by atoms with Crippen molar-refractivity contribution in [1.82, 2.24) is 5.32 Å². The quantitative estimate of drug-likeness (QED) is 0.832. The van der Waals surface area contributed by atoms with Crippen LogP contribution in [-0.4, -0.2) is 18.0 Å². The van der Waals surface area contributed by atoms with Crippen molar-refractivity contribution in [1.29, 1.82) is 0 Å². The first-order valence-corrected chi connectivity index (χ1v) is 8.71. The van der Waals surface area contributed by atoms with Crippen molar-refractivity contribution >= 4 is 5.91 Å². The van der Waals surface area contributed by atoms with Gasteiger partial charge in [-0.05, 0) is 68.6 Å². The zero-order chi connectivity index (χ0) is 13.7. The van der Waals surface area contributed by atoms with Crippen LogP contribution in [0.25, 0.3) is 0 Å². The number of rotatable bonds is 3. The Labute approximate surface area is 122 Å². The Kier molecular flexibility index (Phi) is 3.10. The molecule has 5 aliphatic carbocycles. The van der Waals surface area contributed by atoms with E-state index in [1.807, 2.05) is 0 Å². The smallest absolute Gasteiger partial charge is 0.224 e. The van der Waals surface area contributed by atoms with Crippen LogP contribution in [0, 0.1) is 29.6 Å². The summed E-state index contributed by atoms with van der Waals surface area (Å²) in [5, 5.41) is 3.41. The van der Waals surface area contributed by atoms with Crippen LogP contribution in [0.15, 0.2) is 0 Å². The zero-order valence-electron chi connectivity index (χ0n) is 12.4. The van der Waals surface area contributed by atoms with Crippen LogP contribution in [0.1, 0.15) is 57.8 Å². The van der Waals surface area contributed by atoms with E-state index < -0.39 is 0 Å². The van der Waals surface area contributed by atoms with E-state index in [1.165, 1.54) is 44.9 Å². The lowest BCUT2D eigenvalue weighted by Gasteiger charge is -2.54. The summed E-state index contributed by atoms with van der Waals surface area (Å²) in [6.45, 7) is 0.617. The summed E-state index contributed by atoms with van der Waals surface area (Å²) in [4.78, 5) is 12.9. The van der Waals surface area contributed by atoms with Crippen LogP contribution >= 0.6 is 0 Å². The van der Waals surface area contributed by atoms with Gasteiger partial charge >= 0.3 is 0 Å². The van der Waals surface area contributed by atoms with Gasteiger partial charge in [-0.1, -0.05) is 12.8 Å². The van der Waals surface area contributed by atoms with Crippen LogP contribution < -0.4 is 11.1 Å². The lowest BCUT2D eigenvalue weighted by Crippen LogP contribution is -2.58. The molecular weight excluding hydrogens is 248 g/mol. The lowest BCUT2D eigenvalue weighted by atomic mass is 9.51. The highest BCUT2D eigenvalue weighted by molar-refractivity contribution is 5.80. The molecule has 4 bridgehead atoms. The summed E-state index contributed by atoms with van der Waals surface area (Å²) < 4.78 is 0. The minimum absolute atomic E-state index is 0.0637. The number of hydrogen-bond donors (Lipinski definition) is 2. The molecule has 112 valence electrons. The zero-order valence-corrected chi connectivity index (χ0v) is 12.4. The number of carbonyl (C=O) groups excluding carboxylic acids is 1. The second-order valence-corrected chi connectivity index (χ2v) is 8.14. The van der Waals surface area contributed by atoms with Crippen LogP contribution in [0.2, 0.25) is 0 Å². The predicted octanol–water partition coefficient (Wildman–Crippen LogP) is 2.45. The van der Waals surface area contributed by atoms with E-state index >= 15 is 0 Å². The van der Waals surface area contributed by atoms with Crippen molar-refractivity contribution in [3.63, 3.8) is 0 Å². The van der Waals surface area contributed by atoms with E-state index in [0.29, 0.717) is 30.2 Å². The summed E-state index contributed by atoms with van der Waals surface area (Å²) in [5.41, 5.74) is 5.91. The summed E-state index contributed by atoms with van der Waals surface area (Å²) in [7, 11) is 0. The summed E-state index contributed by atoms with van der Waals surface area (Å²) in [6, 6.07) is 0. The summed E-state index contributed by atoms with van der Waals surface area (Å²) >= 11 is 0. The predicted molar refractivity (Wildman–Crippen MR) is 78.9 cm³/mol. The minimum atomic E-state index is -0.0637. The topological polar surface area (TPSA) is 55.1 Å². The number of hydrogen-bond acceptors (Lipinski definition) is 2. The fourth-order valence-corrected chi connectivity index (χ4v) is 6.13. The number of nitrogens with one attached hydrogen (secondary N) is 1. The molecule has 20 heavy (non-hydrogen) atoms. The van der Waals surface area contributed by atoms with E-state index in [1.54, 1.807) is 0 Å². The van der Waals surface area contributed by atoms with Crippen LogP contribution in [-0.2, 0) is 4.79 Å². The second kappa shape index (κ2) is 4.72. The van der Waals surface area contributed by atoms with Crippen molar-refractivity contribution in [3.8, 4) is 0 Å². The van der Waals surface area contributed by atoms with Crippen molar-refractivity contribution < 1.29 is 4.79 Å². The Hall–Kier alpha value is -0.570. The number of nitrogens with two attached hydrogens (primary N) is 1. The van der Waals surface area contributed by atoms with Crippen molar-refractivity contribution in [2.45, 2.75) is 63.3 Å². The Bertz CT molecular complexity index is 372. The Morgan fingerprint density at radius 2 is 1.55 bits per heavy atom. The molecule has 0 aromatic carbocycles. The maximum Gasteiger partial charge on any atom is 0.224 e. The third-order valence-electron chi connectivity index (χ3n) is 6.87. The van der Waals surface area contributed by atoms with E-state index in [9.17, 15) is 4.79 Å². The molecule has 5 rings (SSSR count). The second-order valence-electron chi connectivity index (χ2n) is 8.14. The first-order chi connectivity index (χ1) is 9.69. The van der Waals surface area contributed by atoms with Gasteiger partial charge in [0.05, 0.1) is 5.54 Å². The molecule has 3 N–H and O–H groups in total. The molecule has 0 aromatic heterocycles. The minimum Gasteiger partial charge on any atom is -0.349 e. The summed E-state index contributed by atoms with van der Waals surface area (Å²) in [6.07, 6.45) is 11.3.